The van der Waals surface area contributed by atoms with Crippen LogP contribution in [0.2, 0.25) is 0 Å². The predicted molar refractivity (Wildman–Crippen MR) is 255 cm³/mol. The molecule has 0 saturated carbocycles. The molecule has 0 N–H and O–H groups in total. The summed E-state index contributed by atoms with van der Waals surface area (Å²) in [5.74, 6) is 0. The van der Waals surface area contributed by atoms with E-state index in [1.54, 1.807) is 0 Å². The van der Waals surface area contributed by atoms with E-state index in [9.17, 15) is 0 Å². The van der Waals surface area contributed by atoms with Gasteiger partial charge < -0.3 is 9.80 Å². The molecule has 0 atom stereocenters. The third-order valence-electron chi connectivity index (χ3n) is 11.4. The molecule has 0 unspecified atom stereocenters. The molecule has 3 heteroatoms. The summed E-state index contributed by atoms with van der Waals surface area (Å²) in [4.78, 5) is 4.81. The van der Waals surface area contributed by atoms with Gasteiger partial charge in [0.1, 0.15) is 0 Å². The molecule has 0 radical (unpaired) electrons. The van der Waals surface area contributed by atoms with Gasteiger partial charge in [-0.3, -0.25) is 0 Å². The summed E-state index contributed by atoms with van der Waals surface area (Å²) in [5, 5.41) is 7.52. The van der Waals surface area contributed by atoms with Crippen molar-refractivity contribution < 1.29 is 0 Å². The van der Waals surface area contributed by atoms with E-state index in [4.69, 9.17) is 0 Å². The zero-order valence-electron chi connectivity index (χ0n) is 32.2. The van der Waals surface area contributed by atoms with Crippen LogP contribution in [0.15, 0.2) is 231 Å². The van der Waals surface area contributed by atoms with Crippen LogP contribution in [0, 0.1) is 0 Å². The fourth-order valence-corrected chi connectivity index (χ4v) is 9.77. The van der Waals surface area contributed by atoms with E-state index in [0.717, 1.165) is 45.3 Å². The fraction of sp³-hybridized carbons (Fsp3) is 0. The highest BCUT2D eigenvalue weighted by molar-refractivity contribution is 7.25. The van der Waals surface area contributed by atoms with E-state index >= 15 is 0 Å². The van der Waals surface area contributed by atoms with Crippen LogP contribution in [0.4, 0.5) is 34.1 Å². The molecule has 1 heterocycles. The van der Waals surface area contributed by atoms with Crippen molar-refractivity contribution in [1.82, 2.24) is 0 Å². The molecule has 0 aliphatic rings. The fourth-order valence-electron chi connectivity index (χ4n) is 8.63. The number of para-hydroxylation sites is 3. The number of anilines is 6. The SMILES string of the molecule is c1ccc(N(c2ccccc2)c2cc(-c3cccc(-c4ccc5c(c4)sc4ccccc45)c3)cc(N(c3ccccc3)c3cc4ccccc4c4ccccc34)c2)cc1. The lowest BCUT2D eigenvalue weighted by molar-refractivity contribution is 1.26. The minimum atomic E-state index is 1.07. The van der Waals surface area contributed by atoms with E-state index in [1.807, 2.05) is 11.3 Å². The molecule has 0 amide bonds. The first kappa shape index (κ1) is 34.8. The van der Waals surface area contributed by atoms with Crippen LogP contribution in [0.25, 0.3) is 64.0 Å². The van der Waals surface area contributed by atoms with Gasteiger partial charge in [-0.2, -0.15) is 0 Å². The van der Waals surface area contributed by atoms with Crippen molar-refractivity contribution >= 4 is 87.2 Å². The van der Waals surface area contributed by atoms with E-state index in [0.29, 0.717) is 0 Å². The van der Waals surface area contributed by atoms with Crippen LogP contribution >= 0.6 is 11.3 Å². The van der Waals surface area contributed by atoms with Crippen molar-refractivity contribution in [3.05, 3.63) is 231 Å². The van der Waals surface area contributed by atoms with E-state index in [1.165, 1.54) is 52.8 Å². The van der Waals surface area contributed by atoms with E-state index in [2.05, 4.69) is 240 Å². The smallest absolute Gasteiger partial charge is 0.0546 e. The van der Waals surface area contributed by atoms with E-state index in [-0.39, 0.29) is 0 Å². The van der Waals surface area contributed by atoms with Gasteiger partial charge in [0.2, 0.25) is 0 Å². The monoisotopic (exact) mass is 770 g/mol. The van der Waals surface area contributed by atoms with Crippen molar-refractivity contribution in [2.75, 3.05) is 9.80 Å². The Bertz CT molecular complexity index is 3240. The molecule has 0 aliphatic heterocycles. The summed E-state index contributed by atoms with van der Waals surface area (Å²) >= 11 is 1.86. The zero-order valence-corrected chi connectivity index (χ0v) is 33.1. The summed E-state index contributed by atoms with van der Waals surface area (Å²) in [7, 11) is 0. The van der Waals surface area contributed by atoms with Gasteiger partial charge in [-0.25, -0.2) is 0 Å². The van der Waals surface area contributed by atoms with Crippen LogP contribution in [-0.2, 0) is 0 Å². The Morgan fingerprint density at radius 3 is 1.46 bits per heavy atom. The Balaban J connectivity index is 1.16. The summed E-state index contributed by atoms with van der Waals surface area (Å²) in [6.07, 6.45) is 0. The van der Waals surface area contributed by atoms with Gasteiger partial charge in [-0.15, -0.1) is 11.3 Å². The molecule has 2 nitrogen and oxygen atoms in total. The third-order valence-corrected chi connectivity index (χ3v) is 12.5. The van der Waals surface area contributed by atoms with Gasteiger partial charge >= 0.3 is 0 Å². The Labute approximate surface area is 348 Å². The van der Waals surface area contributed by atoms with Gasteiger partial charge in [-0.1, -0.05) is 152 Å². The van der Waals surface area contributed by atoms with Crippen molar-refractivity contribution in [3.8, 4) is 22.3 Å². The minimum Gasteiger partial charge on any atom is -0.310 e. The first-order valence-electron chi connectivity index (χ1n) is 20.1. The minimum absolute atomic E-state index is 1.07. The highest BCUT2D eigenvalue weighted by Gasteiger charge is 2.22. The standard InChI is InChI=1S/C56H38N2S/c1-4-20-44(21-5-1)57(45-22-6-2-7-23-45)47-34-43(40-19-16-18-39(33-40)41-31-32-53-52-29-14-15-30-55(52)59-56(53)37-41)35-48(38-47)58(46-24-8-3-9-25-46)54-36-42-17-10-11-26-49(42)50-27-12-13-28-51(50)54/h1-38H. The number of benzene rings is 10. The van der Waals surface area contributed by atoms with Gasteiger partial charge in [0.15, 0.2) is 0 Å². The topological polar surface area (TPSA) is 6.48 Å². The molecular formula is C56H38N2S. The molecule has 278 valence electrons. The first-order valence-corrected chi connectivity index (χ1v) is 20.9. The summed E-state index contributed by atoms with van der Waals surface area (Å²) < 4.78 is 2.63. The number of rotatable bonds is 8. The second-order valence-electron chi connectivity index (χ2n) is 15.0. The van der Waals surface area contributed by atoms with Crippen LogP contribution < -0.4 is 9.80 Å². The van der Waals surface area contributed by atoms with Crippen LogP contribution in [-0.4, -0.2) is 0 Å². The molecule has 0 fully saturated rings. The van der Waals surface area contributed by atoms with Crippen LogP contribution in [0.1, 0.15) is 0 Å². The molecular weight excluding hydrogens is 733 g/mol. The molecule has 11 aromatic rings. The number of nitrogens with zero attached hydrogens (tertiary/aromatic N) is 2. The number of thiophene rings is 1. The number of hydrogen-bond donors (Lipinski definition) is 0. The van der Waals surface area contributed by atoms with Gasteiger partial charge in [0.25, 0.3) is 0 Å². The summed E-state index contributed by atoms with van der Waals surface area (Å²) in [6, 6.07) is 83.8. The second-order valence-corrected chi connectivity index (χ2v) is 16.1. The average Bonchev–Trinajstić information content (AvgIpc) is 3.68. The molecule has 11 rings (SSSR count). The molecule has 0 saturated heterocycles. The predicted octanol–water partition coefficient (Wildman–Crippen LogP) is 16.6. The Hall–Kier alpha value is -7.46. The lowest BCUT2D eigenvalue weighted by atomic mass is 9.96. The maximum atomic E-state index is 2.44. The first-order chi connectivity index (χ1) is 29.2. The summed E-state index contributed by atoms with van der Waals surface area (Å²) in [6.45, 7) is 0. The maximum absolute atomic E-state index is 2.44. The molecule has 59 heavy (non-hydrogen) atoms. The lowest BCUT2D eigenvalue weighted by Gasteiger charge is -2.31. The molecule has 1 aromatic heterocycles. The Kier molecular flexibility index (Phi) is 8.72. The van der Waals surface area contributed by atoms with E-state index < -0.39 is 0 Å². The van der Waals surface area contributed by atoms with Crippen molar-refractivity contribution in [2.45, 2.75) is 0 Å². The molecule has 10 aromatic carbocycles. The van der Waals surface area contributed by atoms with Gasteiger partial charge in [0, 0.05) is 54.0 Å². The highest BCUT2D eigenvalue weighted by Crippen LogP contribution is 2.46. The quantitative estimate of drug-likeness (QED) is 0.142. The third kappa shape index (κ3) is 6.39. The normalized spacial score (nSPS) is 11.4. The van der Waals surface area contributed by atoms with Crippen molar-refractivity contribution in [1.29, 1.82) is 0 Å². The van der Waals surface area contributed by atoms with Gasteiger partial charge in [0.05, 0.1) is 5.69 Å². The van der Waals surface area contributed by atoms with Crippen LogP contribution in [0.5, 0.6) is 0 Å². The Morgan fingerprint density at radius 2 is 0.763 bits per heavy atom. The maximum Gasteiger partial charge on any atom is 0.0546 e. The second kappa shape index (κ2) is 14.8. The molecule has 0 aliphatic carbocycles. The average molecular weight is 771 g/mol. The molecule has 0 bridgehead atoms. The Morgan fingerprint density at radius 1 is 0.254 bits per heavy atom. The summed E-state index contributed by atoms with van der Waals surface area (Å²) in [5.41, 5.74) is 11.2. The number of hydrogen-bond acceptors (Lipinski definition) is 3. The van der Waals surface area contributed by atoms with Crippen molar-refractivity contribution in [2.24, 2.45) is 0 Å². The van der Waals surface area contributed by atoms with Crippen LogP contribution in [0.3, 0.4) is 0 Å². The molecule has 0 spiro atoms. The largest absolute Gasteiger partial charge is 0.310 e. The zero-order chi connectivity index (χ0) is 39.1. The van der Waals surface area contributed by atoms with Crippen molar-refractivity contribution in [3.63, 3.8) is 0 Å². The highest BCUT2D eigenvalue weighted by atomic mass is 32.1. The number of fused-ring (bicyclic) bond motifs is 6. The lowest BCUT2D eigenvalue weighted by Crippen LogP contribution is -2.14. The van der Waals surface area contributed by atoms with Gasteiger partial charge in [-0.05, 0) is 117 Å².